The van der Waals surface area contributed by atoms with Crippen LogP contribution < -0.4 is 0 Å². The summed E-state index contributed by atoms with van der Waals surface area (Å²) in [6.07, 6.45) is 2.48. The third-order valence-electron chi connectivity index (χ3n) is 4.60. The quantitative estimate of drug-likeness (QED) is 0.794. The molecule has 3 nitrogen and oxygen atoms in total. The molecular weight excluding hydrogens is 272 g/mol. The SMILES string of the molecule is Cc1cc(C(=O)N2CC3CCCN3CC2C)ccc1Cl. The Hall–Kier alpha value is -1.06. The van der Waals surface area contributed by atoms with Gasteiger partial charge in [-0.25, -0.2) is 0 Å². The highest BCUT2D eigenvalue weighted by atomic mass is 35.5. The summed E-state index contributed by atoms with van der Waals surface area (Å²) in [5.41, 5.74) is 1.72. The van der Waals surface area contributed by atoms with Crippen LogP contribution in [0.3, 0.4) is 0 Å². The lowest BCUT2D eigenvalue weighted by Crippen LogP contribution is -2.56. The van der Waals surface area contributed by atoms with Gasteiger partial charge in [0.15, 0.2) is 0 Å². The largest absolute Gasteiger partial charge is 0.333 e. The number of benzene rings is 1. The average molecular weight is 293 g/mol. The molecule has 0 radical (unpaired) electrons. The number of amides is 1. The maximum absolute atomic E-state index is 12.7. The minimum atomic E-state index is 0.142. The number of halogens is 1. The lowest BCUT2D eigenvalue weighted by Gasteiger charge is -2.42. The zero-order chi connectivity index (χ0) is 14.3. The minimum absolute atomic E-state index is 0.142. The fraction of sp³-hybridized carbons (Fsp3) is 0.562. The van der Waals surface area contributed by atoms with Gasteiger partial charge in [-0.3, -0.25) is 9.69 Å². The Balaban J connectivity index is 1.80. The molecule has 4 heteroatoms. The molecule has 108 valence electrons. The molecule has 2 aliphatic rings. The third-order valence-corrected chi connectivity index (χ3v) is 5.03. The number of rotatable bonds is 1. The van der Waals surface area contributed by atoms with Gasteiger partial charge in [-0.1, -0.05) is 11.6 Å². The first-order chi connectivity index (χ1) is 9.56. The molecule has 3 rings (SSSR count). The molecule has 2 heterocycles. The normalized spacial score (nSPS) is 26.6. The molecule has 2 saturated heterocycles. The van der Waals surface area contributed by atoms with E-state index in [2.05, 4.69) is 11.8 Å². The predicted octanol–water partition coefficient (Wildman–Crippen LogP) is 2.96. The van der Waals surface area contributed by atoms with Gasteiger partial charge in [-0.05, 0) is 57.0 Å². The summed E-state index contributed by atoms with van der Waals surface area (Å²) >= 11 is 6.04. The van der Waals surface area contributed by atoms with Gasteiger partial charge in [0.2, 0.25) is 0 Å². The monoisotopic (exact) mass is 292 g/mol. The zero-order valence-corrected chi connectivity index (χ0v) is 12.9. The molecule has 2 fully saturated rings. The second-order valence-corrected chi connectivity index (χ2v) is 6.47. The topological polar surface area (TPSA) is 23.6 Å². The number of carbonyl (C=O) groups excluding carboxylic acids is 1. The number of piperazine rings is 1. The van der Waals surface area contributed by atoms with Crippen molar-refractivity contribution in [1.29, 1.82) is 0 Å². The van der Waals surface area contributed by atoms with E-state index in [9.17, 15) is 4.79 Å². The van der Waals surface area contributed by atoms with Crippen LogP contribution in [0.5, 0.6) is 0 Å². The molecule has 0 spiro atoms. The van der Waals surface area contributed by atoms with Crippen LogP contribution in [0.25, 0.3) is 0 Å². The van der Waals surface area contributed by atoms with Crippen molar-refractivity contribution < 1.29 is 4.79 Å². The van der Waals surface area contributed by atoms with Crippen LogP contribution in [0.4, 0.5) is 0 Å². The van der Waals surface area contributed by atoms with Gasteiger partial charge in [0, 0.05) is 35.8 Å². The standard InChI is InChI=1S/C16H21ClN2O/c1-11-8-13(5-6-15(11)17)16(20)19-10-14-4-3-7-18(14)9-12(19)2/h5-6,8,12,14H,3-4,7,9-10H2,1-2H3. The molecule has 0 N–H and O–H groups in total. The molecule has 1 aromatic carbocycles. The minimum Gasteiger partial charge on any atom is -0.333 e. The summed E-state index contributed by atoms with van der Waals surface area (Å²) in [6.45, 7) is 7.15. The van der Waals surface area contributed by atoms with Crippen molar-refractivity contribution in [3.05, 3.63) is 34.3 Å². The third kappa shape index (κ3) is 2.45. The maximum Gasteiger partial charge on any atom is 0.254 e. The summed E-state index contributed by atoms with van der Waals surface area (Å²) in [6, 6.07) is 6.40. The molecule has 2 atom stereocenters. The summed E-state index contributed by atoms with van der Waals surface area (Å²) in [7, 11) is 0. The van der Waals surface area contributed by atoms with E-state index in [1.807, 2.05) is 30.0 Å². The molecule has 20 heavy (non-hydrogen) atoms. The van der Waals surface area contributed by atoms with Crippen LogP contribution in [-0.2, 0) is 0 Å². The van der Waals surface area contributed by atoms with E-state index in [1.54, 1.807) is 0 Å². The maximum atomic E-state index is 12.7. The molecule has 0 aromatic heterocycles. The molecular formula is C16H21ClN2O. The van der Waals surface area contributed by atoms with Crippen molar-refractivity contribution in [1.82, 2.24) is 9.80 Å². The fourth-order valence-corrected chi connectivity index (χ4v) is 3.53. The molecule has 0 aliphatic carbocycles. The second kappa shape index (κ2) is 5.38. The van der Waals surface area contributed by atoms with Crippen LogP contribution in [0, 0.1) is 6.92 Å². The van der Waals surface area contributed by atoms with E-state index < -0.39 is 0 Å². The van der Waals surface area contributed by atoms with Gasteiger partial charge in [-0.15, -0.1) is 0 Å². The van der Waals surface area contributed by atoms with E-state index in [0.717, 1.165) is 29.2 Å². The Morgan fingerprint density at radius 1 is 1.35 bits per heavy atom. The second-order valence-electron chi connectivity index (χ2n) is 6.06. The highest BCUT2D eigenvalue weighted by Gasteiger charge is 2.36. The van der Waals surface area contributed by atoms with E-state index in [-0.39, 0.29) is 11.9 Å². The van der Waals surface area contributed by atoms with Crippen molar-refractivity contribution in [3.63, 3.8) is 0 Å². The number of aryl methyl sites for hydroxylation is 1. The van der Waals surface area contributed by atoms with Gasteiger partial charge in [0.1, 0.15) is 0 Å². The van der Waals surface area contributed by atoms with Crippen LogP contribution in [0.1, 0.15) is 35.7 Å². The summed E-state index contributed by atoms with van der Waals surface area (Å²) in [4.78, 5) is 17.3. The summed E-state index contributed by atoms with van der Waals surface area (Å²) in [5, 5.41) is 0.718. The van der Waals surface area contributed by atoms with Crippen molar-refractivity contribution in [3.8, 4) is 0 Å². The van der Waals surface area contributed by atoms with Crippen molar-refractivity contribution in [2.24, 2.45) is 0 Å². The van der Waals surface area contributed by atoms with E-state index in [1.165, 1.54) is 19.4 Å². The summed E-state index contributed by atoms with van der Waals surface area (Å²) < 4.78 is 0. The number of hydrogen-bond acceptors (Lipinski definition) is 2. The van der Waals surface area contributed by atoms with Crippen molar-refractivity contribution >= 4 is 17.5 Å². The molecule has 2 unspecified atom stereocenters. The smallest absolute Gasteiger partial charge is 0.254 e. The van der Waals surface area contributed by atoms with Gasteiger partial charge in [-0.2, -0.15) is 0 Å². The Morgan fingerprint density at radius 3 is 2.90 bits per heavy atom. The molecule has 1 amide bonds. The van der Waals surface area contributed by atoms with Gasteiger partial charge in [0.25, 0.3) is 5.91 Å². The first-order valence-corrected chi connectivity index (χ1v) is 7.75. The zero-order valence-electron chi connectivity index (χ0n) is 12.1. The average Bonchev–Trinajstić information content (AvgIpc) is 2.87. The van der Waals surface area contributed by atoms with Gasteiger partial charge >= 0.3 is 0 Å². The van der Waals surface area contributed by atoms with E-state index in [0.29, 0.717) is 6.04 Å². The Labute approximate surface area is 125 Å². The van der Waals surface area contributed by atoms with Gasteiger partial charge in [0.05, 0.1) is 0 Å². The summed E-state index contributed by atoms with van der Waals surface area (Å²) in [5.74, 6) is 0.142. The van der Waals surface area contributed by atoms with Crippen molar-refractivity contribution in [2.75, 3.05) is 19.6 Å². The van der Waals surface area contributed by atoms with Gasteiger partial charge < -0.3 is 4.90 Å². The predicted molar refractivity (Wildman–Crippen MR) is 81.3 cm³/mol. The van der Waals surface area contributed by atoms with E-state index in [4.69, 9.17) is 11.6 Å². The first-order valence-electron chi connectivity index (χ1n) is 7.37. The number of nitrogens with zero attached hydrogens (tertiary/aromatic N) is 2. The van der Waals surface area contributed by atoms with Crippen LogP contribution in [0.15, 0.2) is 18.2 Å². The number of fused-ring (bicyclic) bond motifs is 1. The molecule has 0 bridgehead atoms. The highest BCUT2D eigenvalue weighted by Crippen LogP contribution is 2.26. The van der Waals surface area contributed by atoms with Crippen molar-refractivity contribution in [2.45, 2.75) is 38.8 Å². The highest BCUT2D eigenvalue weighted by molar-refractivity contribution is 6.31. The lowest BCUT2D eigenvalue weighted by molar-refractivity contribution is 0.0395. The Kier molecular flexibility index (Phi) is 3.74. The Bertz CT molecular complexity index is 531. The number of hydrogen-bond donors (Lipinski definition) is 0. The molecule has 1 aromatic rings. The Morgan fingerprint density at radius 2 is 2.15 bits per heavy atom. The molecule has 0 saturated carbocycles. The van der Waals surface area contributed by atoms with E-state index >= 15 is 0 Å². The first kappa shape index (κ1) is 13.9. The molecule has 2 aliphatic heterocycles. The number of carbonyl (C=O) groups is 1. The fourth-order valence-electron chi connectivity index (χ4n) is 3.41. The van der Waals surface area contributed by atoms with Crippen LogP contribution in [-0.4, -0.2) is 47.4 Å². The van der Waals surface area contributed by atoms with Crippen LogP contribution in [0.2, 0.25) is 5.02 Å². The lowest BCUT2D eigenvalue weighted by atomic mass is 10.0. The van der Waals surface area contributed by atoms with Crippen LogP contribution >= 0.6 is 11.6 Å².